The fourth-order valence-electron chi connectivity index (χ4n) is 1.39. The minimum atomic E-state index is -4.04. The largest absolute Gasteiger partial charge is 0.335 e. The molecule has 0 spiro atoms. The normalized spacial score (nSPS) is 24.1. The Morgan fingerprint density at radius 3 is 2.14 bits per heavy atom. The number of rotatable bonds is 2. The van der Waals surface area contributed by atoms with Crippen molar-refractivity contribution in [3.8, 4) is 0 Å². The minimum absolute atomic E-state index is 0.00632. The van der Waals surface area contributed by atoms with Crippen LogP contribution in [-0.4, -0.2) is 11.8 Å². The fraction of sp³-hybridized carbons (Fsp3) is 0.600. The molecule has 0 bridgehead atoms. The molecular weight excluding hydrogens is 196 g/mol. The second kappa shape index (κ2) is 3.41. The first-order valence-electron chi connectivity index (χ1n) is 4.48. The summed E-state index contributed by atoms with van der Waals surface area (Å²) in [5.41, 5.74) is -1.06. The zero-order valence-corrected chi connectivity index (χ0v) is 8.08. The van der Waals surface area contributed by atoms with Crippen molar-refractivity contribution in [1.29, 1.82) is 0 Å². The Kier molecular flexibility index (Phi) is 2.74. The molecule has 0 heterocycles. The molecule has 0 aromatic carbocycles. The molecule has 0 radical (unpaired) electrons. The molecule has 0 amide bonds. The van der Waals surface area contributed by atoms with Crippen molar-refractivity contribution in [2.75, 3.05) is 0 Å². The van der Waals surface area contributed by atoms with Gasteiger partial charge in [-0.15, -0.1) is 0 Å². The van der Waals surface area contributed by atoms with Gasteiger partial charge >= 0.3 is 11.8 Å². The summed E-state index contributed by atoms with van der Waals surface area (Å²) in [5.74, 6) is -8.06. The Morgan fingerprint density at radius 2 is 1.64 bits per heavy atom. The molecule has 0 N–H and O–H groups in total. The van der Waals surface area contributed by atoms with E-state index in [1.54, 1.807) is 6.92 Å². The summed E-state index contributed by atoms with van der Waals surface area (Å²) in [7, 11) is 0. The minimum Gasteiger partial charge on any atom is -0.194 e. The van der Waals surface area contributed by atoms with Gasteiger partial charge in [0.05, 0.1) is 0 Å². The van der Waals surface area contributed by atoms with E-state index >= 15 is 0 Å². The van der Waals surface area contributed by atoms with E-state index in [9.17, 15) is 17.6 Å². The molecule has 0 saturated carbocycles. The van der Waals surface area contributed by atoms with E-state index in [0.29, 0.717) is 6.42 Å². The van der Waals surface area contributed by atoms with Gasteiger partial charge in [-0.25, -0.2) is 0 Å². The van der Waals surface area contributed by atoms with Crippen LogP contribution in [0.5, 0.6) is 0 Å². The number of halogens is 4. The van der Waals surface area contributed by atoms with Gasteiger partial charge in [-0.3, -0.25) is 0 Å². The highest BCUT2D eigenvalue weighted by molar-refractivity contribution is 5.36. The van der Waals surface area contributed by atoms with Crippen molar-refractivity contribution in [2.45, 2.75) is 38.5 Å². The maximum Gasteiger partial charge on any atom is 0.335 e. The lowest BCUT2D eigenvalue weighted by atomic mass is 9.89. The van der Waals surface area contributed by atoms with Crippen LogP contribution in [0.25, 0.3) is 0 Å². The molecule has 0 atom stereocenters. The zero-order chi connectivity index (χ0) is 11.0. The van der Waals surface area contributed by atoms with E-state index in [1.165, 1.54) is 0 Å². The van der Waals surface area contributed by atoms with E-state index < -0.39 is 23.0 Å². The van der Waals surface area contributed by atoms with Crippen LogP contribution in [0.2, 0.25) is 0 Å². The first-order chi connectivity index (χ1) is 6.34. The second-order valence-electron chi connectivity index (χ2n) is 3.44. The van der Waals surface area contributed by atoms with E-state index in [4.69, 9.17) is 0 Å². The quantitative estimate of drug-likeness (QED) is 0.603. The molecule has 0 nitrogen and oxygen atoms in total. The van der Waals surface area contributed by atoms with Gasteiger partial charge in [0.15, 0.2) is 0 Å². The van der Waals surface area contributed by atoms with E-state index in [0.717, 1.165) is 19.1 Å². The van der Waals surface area contributed by atoms with Gasteiger partial charge < -0.3 is 0 Å². The van der Waals surface area contributed by atoms with E-state index in [1.807, 2.05) is 0 Å². The third kappa shape index (κ3) is 1.47. The van der Waals surface area contributed by atoms with Crippen LogP contribution in [0.3, 0.4) is 0 Å². The van der Waals surface area contributed by atoms with Gasteiger partial charge in [0.1, 0.15) is 0 Å². The first-order valence-corrected chi connectivity index (χ1v) is 4.48. The summed E-state index contributed by atoms with van der Waals surface area (Å²) in [6, 6.07) is 0. The Hall–Kier alpha value is -0.800. The summed E-state index contributed by atoms with van der Waals surface area (Å²) < 4.78 is 52.6. The van der Waals surface area contributed by atoms with Crippen LogP contribution in [0.1, 0.15) is 26.7 Å². The van der Waals surface area contributed by atoms with Gasteiger partial charge in [0.2, 0.25) is 0 Å². The van der Waals surface area contributed by atoms with Crippen molar-refractivity contribution in [2.24, 2.45) is 0 Å². The predicted octanol–water partition coefficient (Wildman–Crippen LogP) is 3.94. The Bertz CT molecular complexity index is 286. The third-order valence-corrected chi connectivity index (χ3v) is 2.35. The lowest BCUT2D eigenvalue weighted by Gasteiger charge is -2.31. The van der Waals surface area contributed by atoms with Crippen LogP contribution >= 0.6 is 0 Å². The maximum absolute atomic E-state index is 13.2. The lowest BCUT2D eigenvalue weighted by molar-refractivity contribution is -0.164. The Labute approximate surface area is 80.3 Å². The molecule has 0 fully saturated rings. The number of alkyl halides is 4. The maximum atomic E-state index is 13.2. The second-order valence-corrected chi connectivity index (χ2v) is 3.44. The van der Waals surface area contributed by atoms with Gasteiger partial charge in [-0.05, 0) is 13.3 Å². The standard InChI is InChI=1S/C10H12F4/c1-3-4-8-6-5-7(2)9(11,12)10(8,13)14/h5-6H,3-4H2,1-2H3. The summed E-state index contributed by atoms with van der Waals surface area (Å²) in [5, 5.41) is 0. The molecule has 0 aromatic heterocycles. The molecule has 4 heteroatoms. The van der Waals surface area contributed by atoms with Crippen LogP contribution < -0.4 is 0 Å². The number of allylic oxidation sites excluding steroid dienone is 4. The molecule has 0 saturated heterocycles. The van der Waals surface area contributed by atoms with E-state index in [-0.39, 0.29) is 6.42 Å². The average Bonchev–Trinajstić information content (AvgIpc) is 2.08. The lowest BCUT2D eigenvalue weighted by Crippen LogP contribution is -2.44. The van der Waals surface area contributed by atoms with Crippen molar-refractivity contribution in [3.63, 3.8) is 0 Å². The zero-order valence-electron chi connectivity index (χ0n) is 8.08. The monoisotopic (exact) mass is 208 g/mol. The highest BCUT2D eigenvalue weighted by atomic mass is 19.3. The summed E-state index contributed by atoms with van der Waals surface area (Å²) in [6.07, 6.45) is 2.62. The van der Waals surface area contributed by atoms with Gasteiger partial charge in [0, 0.05) is 11.1 Å². The number of hydrogen-bond donors (Lipinski definition) is 0. The van der Waals surface area contributed by atoms with Crippen LogP contribution in [0.15, 0.2) is 23.3 Å². The van der Waals surface area contributed by atoms with Gasteiger partial charge in [-0.2, -0.15) is 17.6 Å². The Balaban J connectivity index is 3.11. The SMILES string of the molecule is CCCC1=CC=C(C)C(F)(F)C1(F)F. The molecule has 0 aromatic rings. The summed E-state index contributed by atoms with van der Waals surface area (Å²) in [4.78, 5) is 0. The van der Waals surface area contributed by atoms with Crippen molar-refractivity contribution >= 4 is 0 Å². The fourth-order valence-corrected chi connectivity index (χ4v) is 1.39. The van der Waals surface area contributed by atoms with Crippen LogP contribution in [0.4, 0.5) is 17.6 Å². The van der Waals surface area contributed by atoms with E-state index in [2.05, 4.69) is 0 Å². The first kappa shape index (κ1) is 11.3. The highest BCUT2D eigenvalue weighted by Crippen LogP contribution is 2.48. The number of hydrogen-bond acceptors (Lipinski definition) is 0. The average molecular weight is 208 g/mol. The third-order valence-electron chi connectivity index (χ3n) is 2.35. The predicted molar refractivity (Wildman–Crippen MR) is 46.6 cm³/mol. The van der Waals surface area contributed by atoms with Gasteiger partial charge in [-0.1, -0.05) is 25.5 Å². The summed E-state index contributed by atoms with van der Waals surface area (Å²) >= 11 is 0. The van der Waals surface area contributed by atoms with Crippen LogP contribution in [-0.2, 0) is 0 Å². The molecule has 1 aliphatic carbocycles. The van der Waals surface area contributed by atoms with Crippen molar-refractivity contribution < 1.29 is 17.6 Å². The van der Waals surface area contributed by atoms with Gasteiger partial charge in [0.25, 0.3) is 0 Å². The smallest absolute Gasteiger partial charge is 0.194 e. The molecular formula is C10H12F4. The molecule has 1 rings (SSSR count). The molecule has 0 aliphatic heterocycles. The summed E-state index contributed by atoms with van der Waals surface area (Å²) in [6.45, 7) is 2.70. The van der Waals surface area contributed by atoms with Crippen molar-refractivity contribution in [1.82, 2.24) is 0 Å². The molecule has 0 unspecified atom stereocenters. The molecule has 80 valence electrons. The Morgan fingerprint density at radius 1 is 1.07 bits per heavy atom. The molecule has 1 aliphatic rings. The molecule has 14 heavy (non-hydrogen) atoms. The van der Waals surface area contributed by atoms with Crippen LogP contribution in [0, 0.1) is 0 Å². The highest BCUT2D eigenvalue weighted by Gasteiger charge is 2.60. The van der Waals surface area contributed by atoms with Crippen molar-refractivity contribution in [3.05, 3.63) is 23.3 Å². The topological polar surface area (TPSA) is 0 Å².